The predicted octanol–water partition coefficient (Wildman–Crippen LogP) is 2.68. The summed E-state index contributed by atoms with van der Waals surface area (Å²) in [5.74, 6) is 0. The zero-order valence-corrected chi connectivity index (χ0v) is 6.32. The van der Waals surface area contributed by atoms with Crippen LogP contribution in [-0.2, 0) is 0 Å². The molecule has 0 spiro atoms. The molecule has 0 fully saturated rings. The van der Waals surface area contributed by atoms with Crippen LogP contribution in [0.25, 0.3) is 0 Å². The minimum Gasteiger partial charge on any atom is -0.0991 e. The van der Waals surface area contributed by atoms with Gasteiger partial charge in [-0.05, 0) is 5.57 Å². The summed E-state index contributed by atoms with van der Waals surface area (Å²) in [6, 6.07) is 0. The van der Waals surface area contributed by atoms with Crippen molar-refractivity contribution in [2.45, 2.75) is 0 Å². The second-order valence-corrected chi connectivity index (χ2v) is 1.95. The Bertz CT molecular complexity index is 112. The molecule has 0 bridgehead atoms. The van der Waals surface area contributed by atoms with E-state index >= 15 is 0 Å². The van der Waals surface area contributed by atoms with Crippen molar-refractivity contribution in [2.24, 2.45) is 0 Å². The number of halogens is 1. The third-order valence-electron chi connectivity index (χ3n) is 0.640. The average molecular weight is 173 g/mol. The van der Waals surface area contributed by atoms with E-state index in [-0.39, 0.29) is 0 Å². The van der Waals surface area contributed by atoms with Crippen LogP contribution >= 0.6 is 15.9 Å². The van der Waals surface area contributed by atoms with Crippen molar-refractivity contribution in [1.82, 2.24) is 0 Å². The molecule has 0 radical (unpaired) electrons. The molecule has 0 aromatic heterocycles. The van der Waals surface area contributed by atoms with Gasteiger partial charge in [0.1, 0.15) is 0 Å². The number of hydrogen-bond acceptors (Lipinski definition) is 0. The summed E-state index contributed by atoms with van der Waals surface area (Å²) in [4.78, 5) is 0. The summed E-state index contributed by atoms with van der Waals surface area (Å²) in [5.41, 5.74) is 1.06. The number of hydrogen-bond donors (Lipinski definition) is 0. The quantitative estimate of drug-likeness (QED) is 0.454. The van der Waals surface area contributed by atoms with Crippen molar-refractivity contribution in [1.29, 1.82) is 0 Å². The van der Waals surface area contributed by atoms with E-state index in [4.69, 9.17) is 0 Å². The van der Waals surface area contributed by atoms with E-state index < -0.39 is 0 Å². The normalized spacial score (nSPS) is 9.62. The molecule has 0 aromatic rings. The fourth-order valence-electron chi connectivity index (χ4n) is 0.249. The summed E-state index contributed by atoms with van der Waals surface area (Å²) in [6.45, 7) is 7.25. The first-order valence-corrected chi connectivity index (χ1v) is 3.46. The largest absolute Gasteiger partial charge is 0.0991 e. The molecule has 0 amide bonds. The Balaban J connectivity index is 3.52. The second-order valence-electron chi connectivity index (χ2n) is 1.39. The molecule has 8 heavy (non-hydrogen) atoms. The Labute approximate surface area is 58.7 Å². The zero-order valence-electron chi connectivity index (χ0n) is 4.73. The first-order valence-electron chi connectivity index (χ1n) is 2.34. The molecule has 0 aromatic carbocycles. The molecule has 1 heteroatoms. The molecule has 0 rings (SSSR count). The third kappa shape index (κ3) is 3.88. The average Bonchev–Trinajstić information content (AvgIpc) is 1.83. The summed E-state index contributed by atoms with van der Waals surface area (Å²) >= 11 is 3.26. The van der Waals surface area contributed by atoms with Crippen LogP contribution < -0.4 is 0 Å². The number of rotatable bonds is 3. The van der Waals surface area contributed by atoms with Gasteiger partial charge >= 0.3 is 0 Å². The van der Waals surface area contributed by atoms with E-state index in [9.17, 15) is 0 Å². The van der Waals surface area contributed by atoms with Crippen LogP contribution in [0.4, 0.5) is 0 Å². The maximum atomic E-state index is 3.73. The van der Waals surface area contributed by atoms with Gasteiger partial charge in [0.15, 0.2) is 0 Å². The van der Waals surface area contributed by atoms with E-state index in [1.807, 2.05) is 12.2 Å². The Kier molecular flexibility index (Phi) is 4.67. The van der Waals surface area contributed by atoms with Crippen LogP contribution in [0.15, 0.2) is 37.0 Å². The van der Waals surface area contributed by atoms with Gasteiger partial charge < -0.3 is 0 Å². The topological polar surface area (TPSA) is 0 Å². The Hall–Kier alpha value is -0.300. The molecular formula is C7H9Br. The standard InChI is InChI=1S/C7H9Br/c1-3-4-5-7(2)6-8/h3-5H,1-2,6H2/b5-4-. The van der Waals surface area contributed by atoms with Gasteiger partial charge in [-0.25, -0.2) is 0 Å². The van der Waals surface area contributed by atoms with Crippen molar-refractivity contribution in [3.8, 4) is 0 Å². The van der Waals surface area contributed by atoms with E-state index in [1.165, 1.54) is 0 Å². The van der Waals surface area contributed by atoms with Crippen LogP contribution in [0.2, 0.25) is 0 Å². The third-order valence-corrected chi connectivity index (χ3v) is 1.36. The van der Waals surface area contributed by atoms with Gasteiger partial charge in [-0.15, -0.1) is 0 Å². The van der Waals surface area contributed by atoms with Gasteiger partial charge in [0.05, 0.1) is 0 Å². The molecule has 0 unspecified atom stereocenters. The van der Waals surface area contributed by atoms with Crippen LogP contribution in [0.3, 0.4) is 0 Å². The van der Waals surface area contributed by atoms with Crippen molar-refractivity contribution in [2.75, 3.05) is 5.33 Å². The van der Waals surface area contributed by atoms with Crippen LogP contribution in [0, 0.1) is 0 Å². The molecule has 0 aliphatic carbocycles. The van der Waals surface area contributed by atoms with E-state index in [0.717, 1.165) is 10.9 Å². The van der Waals surface area contributed by atoms with E-state index in [2.05, 4.69) is 29.1 Å². The molecule has 0 saturated heterocycles. The van der Waals surface area contributed by atoms with Crippen molar-refractivity contribution >= 4 is 15.9 Å². The molecule has 0 heterocycles. The second kappa shape index (κ2) is 4.85. The summed E-state index contributed by atoms with van der Waals surface area (Å²) in [6.07, 6.45) is 5.51. The van der Waals surface area contributed by atoms with Crippen LogP contribution in [0.5, 0.6) is 0 Å². The van der Waals surface area contributed by atoms with Crippen molar-refractivity contribution < 1.29 is 0 Å². The zero-order chi connectivity index (χ0) is 6.41. The predicted molar refractivity (Wildman–Crippen MR) is 42.3 cm³/mol. The Morgan fingerprint density at radius 2 is 2.25 bits per heavy atom. The summed E-state index contributed by atoms with van der Waals surface area (Å²) in [5, 5.41) is 0.831. The van der Waals surface area contributed by atoms with Crippen molar-refractivity contribution in [3.63, 3.8) is 0 Å². The summed E-state index contributed by atoms with van der Waals surface area (Å²) in [7, 11) is 0. The van der Waals surface area contributed by atoms with Gasteiger partial charge in [0.25, 0.3) is 0 Å². The van der Waals surface area contributed by atoms with Gasteiger partial charge in [-0.3, -0.25) is 0 Å². The number of allylic oxidation sites excluding steroid dienone is 4. The maximum absolute atomic E-state index is 3.73. The minimum absolute atomic E-state index is 0.831. The summed E-state index contributed by atoms with van der Waals surface area (Å²) < 4.78 is 0. The molecule has 0 saturated carbocycles. The lowest BCUT2D eigenvalue weighted by molar-refractivity contribution is 1.61. The lowest BCUT2D eigenvalue weighted by atomic mass is 10.3. The molecule has 0 aliphatic heterocycles. The first kappa shape index (κ1) is 7.70. The molecule has 0 nitrogen and oxygen atoms in total. The van der Waals surface area contributed by atoms with Gasteiger partial charge in [-0.2, -0.15) is 0 Å². The Morgan fingerprint density at radius 3 is 2.62 bits per heavy atom. The highest BCUT2D eigenvalue weighted by Crippen LogP contribution is 1.96. The van der Waals surface area contributed by atoms with E-state index in [1.54, 1.807) is 6.08 Å². The van der Waals surface area contributed by atoms with Crippen molar-refractivity contribution in [3.05, 3.63) is 37.0 Å². The molecule has 0 aliphatic rings. The molecule has 44 valence electrons. The van der Waals surface area contributed by atoms with Gasteiger partial charge in [-0.1, -0.05) is 47.3 Å². The highest BCUT2D eigenvalue weighted by Gasteiger charge is 1.77. The number of alkyl halides is 1. The lowest BCUT2D eigenvalue weighted by Gasteiger charge is -1.84. The minimum atomic E-state index is 0.831. The smallest absolute Gasteiger partial charge is 0.0277 e. The van der Waals surface area contributed by atoms with Gasteiger partial charge in [0.2, 0.25) is 0 Å². The Morgan fingerprint density at radius 1 is 1.62 bits per heavy atom. The van der Waals surface area contributed by atoms with Crippen LogP contribution in [-0.4, -0.2) is 5.33 Å². The highest BCUT2D eigenvalue weighted by atomic mass is 79.9. The van der Waals surface area contributed by atoms with Crippen LogP contribution in [0.1, 0.15) is 0 Å². The lowest BCUT2D eigenvalue weighted by Crippen LogP contribution is -1.70. The monoisotopic (exact) mass is 172 g/mol. The SMILES string of the molecule is C=C/C=C\C(=C)CBr. The fourth-order valence-corrected chi connectivity index (χ4v) is 0.436. The fraction of sp³-hybridized carbons (Fsp3) is 0.143. The first-order chi connectivity index (χ1) is 3.81. The maximum Gasteiger partial charge on any atom is 0.0277 e. The van der Waals surface area contributed by atoms with E-state index in [0.29, 0.717) is 0 Å². The molecule has 0 atom stereocenters. The van der Waals surface area contributed by atoms with Gasteiger partial charge in [0, 0.05) is 5.33 Å². The highest BCUT2D eigenvalue weighted by molar-refractivity contribution is 9.09. The molecular weight excluding hydrogens is 164 g/mol. The molecule has 0 N–H and O–H groups in total.